The van der Waals surface area contributed by atoms with Crippen LogP contribution in [0.4, 0.5) is 18.0 Å². The molecule has 0 radical (unpaired) electrons. The lowest BCUT2D eigenvalue weighted by Crippen LogP contribution is -2.69. The lowest BCUT2D eigenvalue weighted by Gasteiger charge is -2.57. The highest BCUT2D eigenvalue weighted by Crippen LogP contribution is 2.53. The Morgan fingerprint density at radius 1 is 1.21 bits per heavy atom. The van der Waals surface area contributed by atoms with Crippen LogP contribution in [-0.4, -0.2) is 40.9 Å². The first-order chi connectivity index (χ1) is 16.0. The van der Waals surface area contributed by atoms with Gasteiger partial charge in [-0.05, 0) is 49.1 Å². The summed E-state index contributed by atoms with van der Waals surface area (Å²) in [5.41, 5.74) is 6.36. The highest BCUT2D eigenvalue weighted by Gasteiger charge is 2.59. The topological polar surface area (TPSA) is 66.6 Å². The lowest BCUT2D eigenvalue weighted by molar-refractivity contribution is -0.137. The van der Waals surface area contributed by atoms with Gasteiger partial charge in [0.2, 0.25) is 5.91 Å². The van der Waals surface area contributed by atoms with Gasteiger partial charge in [-0.1, -0.05) is 42.0 Å². The van der Waals surface area contributed by atoms with E-state index in [9.17, 15) is 22.8 Å². The number of primary amides is 1. The summed E-state index contributed by atoms with van der Waals surface area (Å²) in [6, 6.07) is 10.2. The molecule has 2 aromatic carbocycles. The second kappa shape index (κ2) is 8.49. The molecule has 3 amide bonds. The van der Waals surface area contributed by atoms with Crippen molar-refractivity contribution in [3.05, 3.63) is 82.9 Å². The number of carbonyl (C=O) groups is 2. The molecule has 180 valence electrons. The minimum atomic E-state index is -4.53. The molecule has 0 aromatic heterocycles. The third kappa shape index (κ3) is 3.65. The van der Waals surface area contributed by atoms with E-state index in [2.05, 4.69) is 6.58 Å². The second-order valence-electron chi connectivity index (χ2n) is 9.12. The van der Waals surface area contributed by atoms with Gasteiger partial charge in [0.15, 0.2) is 0 Å². The average Bonchev–Trinajstić information content (AvgIpc) is 3.15. The lowest BCUT2D eigenvalue weighted by atomic mass is 9.65. The maximum Gasteiger partial charge on any atom is 0.416 e. The van der Waals surface area contributed by atoms with Gasteiger partial charge in [0, 0.05) is 25.4 Å². The van der Waals surface area contributed by atoms with Crippen molar-refractivity contribution in [3.63, 3.8) is 0 Å². The number of piperazine rings is 1. The third-order valence-electron chi connectivity index (χ3n) is 7.19. The fourth-order valence-corrected chi connectivity index (χ4v) is 5.95. The number of nitrogens with two attached hydrogens (primary N) is 1. The van der Waals surface area contributed by atoms with Crippen molar-refractivity contribution in [2.24, 2.45) is 5.73 Å². The van der Waals surface area contributed by atoms with Crippen molar-refractivity contribution < 1.29 is 22.8 Å². The van der Waals surface area contributed by atoms with Crippen LogP contribution in [0.25, 0.3) is 0 Å². The fourth-order valence-electron chi connectivity index (χ4n) is 5.95. The third-order valence-corrected chi connectivity index (χ3v) is 7.19. The molecule has 5 nitrogen and oxygen atoms in total. The molecule has 0 aliphatic carbocycles. The van der Waals surface area contributed by atoms with Crippen LogP contribution in [0.1, 0.15) is 46.6 Å². The largest absolute Gasteiger partial charge is 0.416 e. The smallest absolute Gasteiger partial charge is 0.351 e. The van der Waals surface area contributed by atoms with Crippen LogP contribution < -0.4 is 5.73 Å². The Morgan fingerprint density at radius 2 is 1.91 bits per heavy atom. The van der Waals surface area contributed by atoms with Gasteiger partial charge in [0.25, 0.3) is 0 Å². The molecule has 2 unspecified atom stereocenters. The maximum atomic E-state index is 13.7. The van der Waals surface area contributed by atoms with Gasteiger partial charge in [0.1, 0.15) is 5.54 Å². The molecule has 3 atom stereocenters. The zero-order valence-electron chi connectivity index (χ0n) is 19.2. The van der Waals surface area contributed by atoms with Crippen molar-refractivity contribution in [3.8, 4) is 0 Å². The Balaban J connectivity index is 2.07. The van der Waals surface area contributed by atoms with E-state index in [1.54, 1.807) is 24.0 Å². The van der Waals surface area contributed by atoms with Gasteiger partial charge in [-0.15, -0.1) is 6.58 Å². The highest BCUT2D eigenvalue weighted by molar-refractivity contribution is 5.81. The molecular weight excluding hydrogens is 443 g/mol. The number of rotatable bonds is 4. The van der Waals surface area contributed by atoms with E-state index in [0.29, 0.717) is 30.5 Å². The Hall–Kier alpha value is -3.29. The fraction of sp³-hybridized carbons (Fsp3) is 0.385. The summed E-state index contributed by atoms with van der Waals surface area (Å²) < 4.78 is 41.2. The first kappa shape index (κ1) is 23.9. The summed E-state index contributed by atoms with van der Waals surface area (Å²) in [4.78, 5) is 29.0. The monoisotopic (exact) mass is 471 g/mol. The number of hydrogen-bond donors (Lipinski definition) is 1. The van der Waals surface area contributed by atoms with Gasteiger partial charge in [-0.25, -0.2) is 4.79 Å². The molecule has 2 N–H and O–H groups in total. The maximum absolute atomic E-state index is 13.7. The van der Waals surface area contributed by atoms with E-state index in [0.717, 1.165) is 23.3 Å². The number of aryl methyl sites for hydroxylation is 2. The van der Waals surface area contributed by atoms with Crippen LogP contribution >= 0.6 is 0 Å². The van der Waals surface area contributed by atoms with Crippen LogP contribution in [0.3, 0.4) is 0 Å². The van der Waals surface area contributed by atoms with Crippen LogP contribution in [0.2, 0.25) is 0 Å². The Bertz CT molecular complexity index is 1150. The van der Waals surface area contributed by atoms with E-state index < -0.39 is 35.3 Å². The number of halogens is 3. The predicted molar refractivity (Wildman–Crippen MR) is 123 cm³/mol. The minimum Gasteiger partial charge on any atom is -0.351 e. The molecule has 8 heteroatoms. The second-order valence-corrected chi connectivity index (χ2v) is 9.12. The summed E-state index contributed by atoms with van der Waals surface area (Å²) >= 11 is 0. The number of amides is 3. The molecule has 2 heterocycles. The normalized spacial score (nSPS) is 23.6. The molecule has 2 aliphatic heterocycles. The number of alkyl halides is 3. The molecule has 0 bridgehead atoms. The number of hydrogen-bond acceptors (Lipinski definition) is 2. The molecule has 0 spiro atoms. The van der Waals surface area contributed by atoms with Crippen molar-refractivity contribution in [1.82, 2.24) is 9.80 Å². The number of carbonyl (C=O) groups excluding carboxylic acids is 2. The molecule has 2 aliphatic rings. The Morgan fingerprint density at radius 3 is 2.53 bits per heavy atom. The Labute approximate surface area is 197 Å². The summed E-state index contributed by atoms with van der Waals surface area (Å²) in [6.07, 6.45) is -2.19. The van der Waals surface area contributed by atoms with Crippen LogP contribution in [-0.2, 0) is 16.5 Å². The van der Waals surface area contributed by atoms with E-state index in [4.69, 9.17) is 5.73 Å². The first-order valence-electron chi connectivity index (χ1n) is 11.3. The van der Waals surface area contributed by atoms with Crippen LogP contribution in [0.15, 0.2) is 55.1 Å². The van der Waals surface area contributed by atoms with Crippen molar-refractivity contribution >= 4 is 11.9 Å². The standard InChI is InChI=1S/C26H28F3N3O2/c1-4-20(18-13-16(2)14-19(15-18)26(27,28)29)25(21-8-6-5-7-17(21)3)22-9-10-23(33)31(22)11-12-32(25)24(30)34/h4-8,13-15,20,22H,1,9-12H2,2-3H3,(H2,30,34)/t20-,22?,25?/m1/s1. The number of nitrogens with zero attached hydrogens (tertiary/aromatic N) is 2. The molecule has 0 saturated carbocycles. The quantitative estimate of drug-likeness (QED) is 0.647. The highest BCUT2D eigenvalue weighted by atomic mass is 19.4. The number of benzene rings is 2. The molecular formula is C26H28F3N3O2. The zero-order chi connectivity index (χ0) is 24.8. The van der Waals surface area contributed by atoms with Crippen molar-refractivity contribution in [1.29, 1.82) is 0 Å². The first-order valence-corrected chi connectivity index (χ1v) is 11.3. The van der Waals surface area contributed by atoms with Gasteiger partial charge in [-0.2, -0.15) is 13.2 Å². The Kier molecular flexibility index (Phi) is 5.96. The molecule has 2 aromatic rings. The molecule has 4 rings (SSSR count). The summed E-state index contributed by atoms with van der Waals surface area (Å²) in [7, 11) is 0. The van der Waals surface area contributed by atoms with Gasteiger partial charge >= 0.3 is 12.2 Å². The number of fused-ring (bicyclic) bond motifs is 1. The zero-order valence-corrected chi connectivity index (χ0v) is 19.2. The van der Waals surface area contributed by atoms with Crippen molar-refractivity contribution in [2.45, 2.75) is 50.4 Å². The van der Waals surface area contributed by atoms with Crippen molar-refractivity contribution in [2.75, 3.05) is 13.1 Å². The van der Waals surface area contributed by atoms with Crippen LogP contribution in [0.5, 0.6) is 0 Å². The summed E-state index contributed by atoms with van der Waals surface area (Å²) in [5, 5.41) is 0. The van der Waals surface area contributed by atoms with Crippen LogP contribution in [0, 0.1) is 13.8 Å². The molecule has 34 heavy (non-hydrogen) atoms. The van der Waals surface area contributed by atoms with E-state index in [1.807, 2.05) is 31.2 Å². The van der Waals surface area contributed by atoms with E-state index >= 15 is 0 Å². The van der Waals surface area contributed by atoms with E-state index in [-0.39, 0.29) is 12.5 Å². The number of urea groups is 1. The molecule has 2 saturated heterocycles. The minimum absolute atomic E-state index is 0.0323. The summed E-state index contributed by atoms with van der Waals surface area (Å²) in [6.45, 7) is 8.00. The van der Waals surface area contributed by atoms with Gasteiger partial charge < -0.3 is 15.5 Å². The van der Waals surface area contributed by atoms with Gasteiger partial charge in [0.05, 0.1) is 11.6 Å². The predicted octanol–water partition coefficient (Wildman–Crippen LogP) is 4.87. The SMILES string of the molecule is C=C[C@H](c1cc(C)cc(C(F)(F)F)c1)C1(c2ccccc2C)C2CCC(=O)N2CCN1C(N)=O. The summed E-state index contributed by atoms with van der Waals surface area (Å²) in [5.74, 6) is -0.782. The van der Waals surface area contributed by atoms with E-state index in [1.165, 1.54) is 4.90 Å². The molecule has 2 fully saturated rings. The average molecular weight is 472 g/mol. The van der Waals surface area contributed by atoms with Gasteiger partial charge in [-0.3, -0.25) is 4.79 Å².